The van der Waals surface area contributed by atoms with Gasteiger partial charge in [0.15, 0.2) is 5.13 Å². The number of carbonyl (C=O) groups excluding carboxylic acids is 1. The molecular formula is C10H5Br3N2OS. The number of benzene rings is 1. The average molecular weight is 441 g/mol. The van der Waals surface area contributed by atoms with E-state index in [0.29, 0.717) is 10.7 Å². The van der Waals surface area contributed by atoms with Gasteiger partial charge in [-0.1, -0.05) is 43.2 Å². The molecule has 88 valence electrons. The lowest BCUT2D eigenvalue weighted by Crippen LogP contribution is -2.11. The summed E-state index contributed by atoms with van der Waals surface area (Å²) in [6, 6.07) is 5.38. The summed E-state index contributed by atoms with van der Waals surface area (Å²) in [7, 11) is 0. The minimum Gasteiger partial charge on any atom is -0.298 e. The minimum absolute atomic E-state index is 0.186. The van der Waals surface area contributed by atoms with Gasteiger partial charge in [0.2, 0.25) is 0 Å². The van der Waals surface area contributed by atoms with Crippen LogP contribution in [-0.2, 0) is 0 Å². The molecule has 0 radical (unpaired) electrons. The van der Waals surface area contributed by atoms with Crippen molar-refractivity contribution in [3.05, 3.63) is 42.7 Å². The first-order chi connectivity index (χ1) is 8.04. The zero-order valence-corrected chi connectivity index (χ0v) is 13.8. The number of halogens is 3. The molecule has 0 bridgehead atoms. The molecule has 1 heterocycles. The lowest BCUT2D eigenvalue weighted by molar-refractivity contribution is 0.102. The third-order valence-corrected chi connectivity index (χ3v) is 4.13. The number of carbonyl (C=O) groups is 1. The van der Waals surface area contributed by atoms with E-state index in [1.165, 1.54) is 11.3 Å². The summed E-state index contributed by atoms with van der Waals surface area (Å²) in [5.41, 5.74) is 0.567. The SMILES string of the molecule is O=C(Nc1ncc(Br)s1)c1cc(Br)cc(Br)c1. The molecule has 1 aromatic carbocycles. The maximum absolute atomic E-state index is 11.9. The van der Waals surface area contributed by atoms with E-state index in [4.69, 9.17) is 0 Å². The normalized spacial score (nSPS) is 10.3. The predicted molar refractivity (Wildman–Crippen MR) is 79.6 cm³/mol. The van der Waals surface area contributed by atoms with Crippen molar-refractivity contribution in [2.45, 2.75) is 0 Å². The molecule has 0 aliphatic carbocycles. The molecule has 0 atom stereocenters. The Kier molecular flexibility index (Phi) is 4.35. The van der Waals surface area contributed by atoms with E-state index in [2.05, 4.69) is 58.1 Å². The van der Waals surface area contributed by atoms with E-state index in [9.17, 15) is 4.79 Å². The Labute approximate surface area is 127 Å². The molecule has 0 spiro atoms. The van der Waals surface area contributed by atoms with E-state index < -0.39 is 0 Å². The van der Waals surface area contributed by atoms with Crippen LogP contribution < -0.4 is 5.32 Å². The Hall–Kier alpha value is -0.240. The van der Waals surface area contributed by atoms with Gasteiger partial charge in [-0.2, -0.15) is 0 Å². The van der Waals surface area contributed by atoms with Crippen LogP contribution >= 0.6 is 59.1 Å². The lowest BCUT2D eigenvalue weighted by atomic mass is 10.2. The summed E-state index contributed by atoms with van der Waals surface area (Å²) >= 11 is 11.3. The van der Waals surface area contributed by atoms with Crippen molar-refractivity contribution in [1.29, 1.82) is 0 Å². The van der Waals surface area contributed by atoms with Crippen molar-refractivity contribution in [2.24, 2.45) is 0 Å². The number of nitrogens with one attached hydrogen (secondary N) is 1. The van der Waals surface area contributed by atoms with Gasteiger partial charge in [-0.15, -0.1) is 0 Å². The van der Waals surface area contributed by atoms with Crippen LogP contribution in [0.15, 0.2) is 37.1 Å². The number of rotatable bonds is 2. The summed E-state index contributed by atoms with van der Waals surface area (Å²) < 4.78 is 2.57. The molecule has 0 aliphatic heterocycles. The second kappa shape index (κ2) is 5.60. The molecular weight excluding hydrogens is 436 g/mol. The van der Waals surface area contributed by atoms with Crippen molar-refractivity contribution in [1.82, 2.24) is 4.98 Å². The van der Waals surface area contributed by atoms with Crippen LogP contribution in [0.4, 0.5) is 5.13 Å². The van der Waals surface area contributed by atoms with Gasteiger partial charge < -0.3 is 0 Å². The molecule has 0 unspecified atom stereocenters. The third-order valence-electron chi connectivity index (χ3n) is 1.82. The Bertz CT molecular complexity index is 550. The summed E-state index contributed by atoms with van der Waals surface area (Å²) in [6.45, 7) is 0. The minimum atomic E-state index is -0.186. The fraction of sp³-hybridized carbons (Fsp3) is 0. The lowest BCUT2D eigenvalue weighted by Gasteiger charge is -2.03. The molecule has 2 aromatic rings. The molecule has 0 saturated carbocycles. The van der Waals surface area contributed by atoms with E-state index in [0.717, 1.165) is 12.7 Å². The van der Waals surface area contributed by atoms with Gasteiger partial charge in [-0.25, -0.2) is 4.98 Å². The zero-order chi connectivity index (χ0) is 12.4. The van der Waals surface area contributed by atoms with Gasteiger partial charge in [-0.05, 0) is 34.1 Å². The number of hydrogen-bond donors (Lipinski definition) is 1. The zero-order valence-electron chi connectivity index (χ0n) is 8.21. The predicted octanol–water partition coefficient (Wildman–Crippen LogP) is 4.68. The molecule has 1 amide bonds. The summed E-state index contributed by atoms with van der Waals surface area (Å²) in [5.74, 6) is -0.186. The molecule has 7 heteroatoms. The van der Waals surface area contributed by atoms with Crippen LogP contribution in [0.3, 0.4) is 0 Å². The molecule has 0 fully saturated rings. The highest BCUT2D eigenvalue weighted by Crippen LogP contribution is 2.25. The maximum Gasteiger partial charge on any atom is 0.257 e. The van der Waals surface area contributed by atoms with Crippen molar-refractivity contribution >= 4 is 70.2 Å². The topological polar surface area (TPSA) is 42.0 Å². The number of nitrogens with zero attached hydrogens (tertiary/aromatic N) is 1. The quantitative estimate of drug-likeness (QED) is 0.736. The van der Waals surface area contributed by atoms with Crippen LogP contribution in [0, 0.1) is 0 Å². The van der Waals surface area contributed by atoms with Gasteiger partial charge in [0, 0.05) is 14.5 Å². The molecule has 0 saturated heterocycles. The van der Waals surface area contributed by atoms with Crippen molar-refractivity contribution in [2.75, 3.05) is 5.32 Å². The second-order valence-electron chi connectivity index (χ2n) is 3.08. The summed E-state index contributed by atoms with van der Waals surface area (Å²) in [6.07, 6.45) is 1.65. The van der Waals surface area contributed by atoms with E-state index in [-0.39, 0.29) is 5.91 Å². The molecule has 1 aromatic heterocycles. The monoisotopic (exact) mass is 438 g/mol. The van der Waals surface area contributed by atoms with Gasteiger partial charge in [0.25, 0.3) is 5.91 Å². The fourth-order valence-electron chi connectivity index (χ4n) is 1.17. The van der Waals surface area contributed by atoms with Gasteiger partial charge in [0.1, 0.15) is 0 Å². The first-order valence-corrected chi connectivity index (χ1v) is 7.63. The van der Waals surface area contributed by atoms with Crippen LogP contribution in [0.5, 0.6) is 0 Å². The summed E-state index contributed by atoms with van der Waals surface area (Å²) in [4.78, 5) is 16.0. The van der Waals surface area contributed by atoms with E-state index >= 15 is 0 Å². The van der Waals surface area contributed by atoms with Crippen LogP contribution in [0.25, 0.3) is 0 Å². The first kappa shape index (κ1) is 13.2. The highest BCUT2D eigenvalue weighted by atomic mass is 79.9. The number of thiazole rings is 1. The highest BCUT2D eigenvalue weighted by molar-refractivity contribution is 9.11. The number of anilines is 1. The third kappa shape index (κ3) is 3.61. The Morgan fingerprint density at radius 1 is 1.18 bits per heavy atom. The maximum atomic E-state index is 11.9. The Morgan fingerprint density at radius 2 is 1.82 bits per heavy atom. The van der Waals surface area contributed by atoms with Crippen molar-refractivity contribution in [3.8, 4) is 0 Å². The fourth-order valence-corrected chi connectivity index (χ4v) is 3.56. The Morgan fingerprint density at radius 3 is 2.35 bits per heavy atom. The molecule has 17 heavy (non-hydrogen) atoms. The van der Waals surface area contributed by atoms with Crippen LogP contribution in [-0.4, -0.2) is 10.9 Å². The van der Waals surface area contributed by atoms with Gasteiger partial charge >= 0.3 is 0 Å². The Balaban J connectivity index is 2.19. The molecule has 1 N–H and O–H groups in total. The van der Waals surface area contributed by atoms with Crippen LogP contribution in [0.2, 0.25) is 0 Å². The molecule has 0 aliphatic rings. The van der Waals surface area contributed by atoms with Crippen molar-refractivity contribution in [3.63, 3.8) is 0 Å². The molecule has 2 rings (SSSR count). The average Bonchev–Trinajstić information content (AvgIpc) is 2.62. The smallest absolute Gasteiger partial charge is 0.257 e. The standard InChI is InChI=1S/C10H5Br3N2OS/c11-6-1-5(2-7(12)3-6)9(16)15-10-14-4-8(13)17-10/h1-4H,(H,14,15,16). The van der Waals surface area contributed by atoms with Gasteiger partial charge in [0.05, 0.1) is 9.98 Å². The number of amides is 1. The number of hydrogen-bond acceptors (Lipinski definition) is 3. The van der Waals surface area contributed by atoms with Crippen molar-refractivity contribution < 1.29 is 4.79 Å². The second-order valence-corrected chi connectivity index (χ2v) is 7.32. The highest BCUT2D eigenvalue weighted by Gasteiger charge is 2.09. The van der Waals surface area contributed by atoms with E-state index in [1.807, 2.05) is 6.07 Å². The first-order valence-electron chi connectivity index (χ1n) is 4.43. The van der Waals surface area contributed by atoms with Crippen LogP contribution in [0.1, 0.15) is 10.4 Å². The molecule has 3 nitrogen and oxygen atoms in total. The van der Waals surface area contributed by atoms with E-state index in [1.54, 1.807) is 18.3 Å². The van der Waals surface area contributed by atoms with Gasteiger partial charge in [-0.3, -0.25) is 10.1 Å². The largest absolute Gasteiger partial charge is 0.298 e. The number of aromatic nitrogens is 1. The summed E-state index contributed by atoms with van der Waals surface area (Å²) in [5, 5.41) is 3.30.